The normalized spacial score (nSPS) is 10.7. The van der Waals surface area contributed by atoms with Crippen molar-refractivity contribution in [2.75, 3.05) is 0 Å². The quantitative estimate of drug-likeness (QED) is 0.0901. The number of aromatic nitrogens is 5. The summed E-state index contributed by atoms with van der Waals surface area (Å²) < 4.78 is 12.9. The fraction of sp³-hybridized carbons (Fsp3) is 0.185. The number of halogens is 1. The van der Waals surface area contributed by atoms with Crippen LogP contribution in [0, 0.1) is 43.1 Å². The molecule has 15 rings (SSSR count). The van der Waals surface area contributed by atoms with E-state index in [9.17, 15) is 4.39 Å². The van der Waals surface area contributed by atoms with Crippen LogP contribution in [0.3, 0.4) is 0 Å². The maximum atomic E-state index is 12.9. The minimum Gasteiger partial charge on any atom is -0.304 e. The minimum absolute atomic E-state index is 0. The average molecular weight is 2240 g/mol. The minimum atomic E-state index is -0.283. The molecule has 0 saturated carbocycles. The van der Waals surface area contributed by atoms with E-state index in [2.05, 4.69) is 256 Å². The molecule has 5 radical (unpaired) electrons. The molecule has 0 unspecified atom stereocenters. The van der Waals surface area contributed by atoms with E-state index >= 15 is 0 Å². The molecule has 0 aliphatic heterocycles. The van der Waals surface area contributed by atoms with E-state index in [4.69, 9.17) is 0 Å². The zero-order valence-corrected chi connectivity index (χ0v) is 71.2. The van der Waals surface area contributed by atoms with Crippen LogP contribution in [-0.4, -0.2) is 24.9 Å². The molecular formula is C92H83FIr5N5-5. The van der Waals surface area contributed by atoms with Crippen molar-refractivity contribution < 1.29 is 105 Å². The van der Waals surface area contributed by atoms with Gasteiger partial charge >= 0.3 is 0 Å². The SMILES string of the molecule is CC(C)(C)c1cc[c-]c(-c2cc3ccccc3cn2)c1.CC(C)(C)c1cc[c-]c(-c2nccc3ccccc23)c1.CCCCCCCCc1c[c-]c(-c2nccc3ccccc23)cc1.Cc1ccc[c-]c1-c1cc2ccccc2cn1.Fc1c[c-]c(-c2nccc3ccccc23)cc1.[Ir].[Ir].[Ir].[Ir].[Ir]. The predicted molar refractivity (Wildman–Crippen MR) is 409 cm³/mol. The molecule has 15 aromatic rings. The number of rotatable bonds is 12. The maximum Gasteiger partial charge on any atom is 0.0379 e. The topological polar surface area (TPSA) is 64.5 Å². The van der Waals surface area contributed by atoms with Crippen LogP contribution in [0.4, 0.5) is 4.39 Å². The number of pyridine rings is 5. The Kier molecular flexibility index (Phi) is 33.8. The first-order valence-corrected chi connectivity index (χ1v) is 34.1. The van der Waals surface area contributed by atoms with Crippen molar-refractivity contribution in [1.82, 2.24) is 24.9 Å². The third kappa shape index (κ3) is 23.2. The van der Waals surface area contributed by atoms with Crippen molar-refractivity contribution >= 4 is 53.9 Å². The summed E-state index contributed by atoms with van der Waals surface area (Å²) in [6, 6.07) is 97.5. The molecule has 533 valence electrons. The average Bonchev–Trinajstić information content (AvgIpc) is 0.830. The number of nitrogens with zero attached hydrogens (tertiary/aromatic N) is 5. The van der Waals surface area contributed by atoms with Gasteiger partial charge in [0.1, 0.15) is 0 Å². The van der Waals surface area contributed by atoms with Gasteiger partial charge in [-0.15, -0.1) is 171 Å². The summed E-state index contributed by atoms with van der Waals surface area (Å²) in [5.74, 6) is -0.283. The van der Waals surface area contributed by atoms with Crippen molar-refractivity contribution in [3.8, 4) is 56.3 Å². The number of hydrogen-bond acceptors (Lipinski definition) is 5. The fourth-order valence-electron chi connectivity index (χ4n) is 11.8. The maximum absolute atomic E-state index is 12.9. The molecule has 103 heavy (non-hydrogen) atoms. The van der Waals surface area contributed by atoms with Gasteiger partial charge in [-0.2, -0.15) is 0 Å². The van der Waals surface area contributed by atoms with Gasteiger partial charge in [0.15, 0.2) is 0 Å². The summed E-state index contributed by atoms with van der Waals surface area (Å²) in [6.07, 6.45) is 18.6. The molecule has 0 spiro atoms. The van der Waals surface area contributed by atoms with Gasteiger partial charge in [0, 0.05) is 137 Å². The predicted octanol–water partition coefficient (Wildman–Crippen LogP) is 24.4. The number of aryl methyl sites for hydroxylation is 2. The van der Waals surface area contributed by atoms with E-state index in [0.29, 0.717) is 0 Å². The second kappa shape index (κ2) is 41.2. The van der Waals surface area contributed by atoms with Gasteiger partial charge < -0.3 is 24.9 Å². The molecule has 5 aromatic heterocycles. The Hall–Kier alpha value is -7.57. The third-order valence-corrected chi connectivity index (χ3v) is 17.5. The van der Waals surface area contributed by atoms with Crippen LogP contribution in [-0.2, 0) is 118 Å². The van der Waals surface area contributed by atoms with Crippen LogP contribution >= 0.6 is 0 Å². The third-order valence-electron chi connectivity index (χ3n) is 17.5. The van der Waals surface area contributed by atoms with Gasteiger partial charge in [-0.25, -0.2) is 0 Å². The summed E-state index contributed by atoms with van der Waals surface area (Å²) >= 11 is 0. The molecule has 0 amide bonds. The first-order chi connectivity index (χ1) is 47.7. The Balaban J connectivity index is 0.000000201. The summed E-state index contributed by atoms with van der Waals surface area (Å²) in [4.78, 5) is 22.6. The molecule has 5 heterocycles. The zero-order chi connectivity index (χ0) is 68.3. The molecule has 11 heteroatoms. The van der Waals surface area contributed by atoms with Crippen LogP contribution in [0.5, 0.6) is 0 Å². The summed E-state index contributed by atoms with van der Waals surface area (Å²) in [6.45, 7) is 17.7. The number of benzene rings is 10. The summed E-state index contributed by atoms with van der Waals surface area (Å²) in [5, 5.41) is 11.8. The van der Waals surface area contributed by atoms with Gasteiger partial charge in [0.05, 0.1) is 0 Å². The summed E-state index contributed by atoms with van der Waals surface area (Å²) in [5.41, 5.74) is 15.4. The van der Waals surface area contributed by atoms with E-state index in [0.717, 1.165) is 73.5 Å². The molecule has 0 atom stereocenters. The Morgan fingerprint density at radius 1 is 0.350 bits per heavy atom. The monoisotopic (exact) mass is 2240 g/mol. The van der Waals surface area contributed by atoms with E-state index in [1.165, 1.54) is 116 Å². The van der Waals surface area contributed by atoms with Crippen molar-refractivity contribution in [2.24, 2.45) is 0 Å². The number of hydrogen-bond donors (Lipinski definition) is 0. The summed E-state index contributed by atoms with van der Waals surface area (Å²) in [7, 11) is 0. The first kappa shape index (κ1) is 84.4. The molecule has 0 N–H and O–H groups in total. The van der Waals surface area contributed by atoms with Gasteiger partial charge in [-0.1, -0.05) is 234 Å². The van der Waals surface area contributed by atoms with Crippen LogP contribution < -0.4 is 0 Å². The molecule has 0 aliphatic carbocycles. The van der Waals surface area contributed by atoms with Crippen LogP contribution in [0.25, 0.3) is 110 Å². The number of unbranched alkanes of at least 4 members (excludes halogenated alkanes) is 5. The van der Waals surface area contributed by atoms with E-state index in [1.807, 2.05) is 104 Å². The first-order valence-electron chi connectivity index (χ1n) is 34.1. The standard InChI is InChI=1S/C23H26N.2C19H18N.C16H12N.C15H9FN.5Ir/c1-2-3-4-5-6-7-10-19-13-15-21(16-14-19)23-22-12-9-8-11-20(22)17-18-24-23;1-19(2,3)16-9-6-8-15(13-16)18-17-10-5-4-7-14(17)11-12-20-18;1-19(2,3)17-10-6-9-15(11-17)18-12-14-7-4-5-8-16(14)13-20-18;1-12-6-2-5-9-15(12)16-10-13-7-3-4-8-14(13)11-17-16;16-13-7-5-12(6-8-13)15-14-4-2-1-3-11(14)9-10-17-15;;;;;/h8-9,11-15,17-18H,2-7,10H2,1H3;4-7,9-13H,1-3H3;4-8,10-13H,1-3H3;2-8,10-11H,1H3;1-5,7-10H;;;;;/q5*-1;;;;;. The van der Waals surface area contributed by atoms with Crippen LogP contribution in [0.15, 0.2) is 274 Å². The largest absolute Gasteiger partial charge is 0.304 e. The second-order valence-electron chi connectivity index (χ2n) is 26.7. The van der Waals surface area contributed by atoms with E-state index < -0.39 is 0 Å². The Labute approximate surface area is 676 Å². The van der Waals surface area contributed by atoms with Gasteiger partial charge in [-0.3, -0.25) is 4.39 Å². The van der Waals surface area contributed by atoms with Gasteiger partial charge in [-0.05, 0) is 111 Å². The van der Waals surface area contributed by atoms with Crippen molar-refractivity contribution in [1.29, 1.82) is 0 Å². The molecule has 0 bridgehead atoms. The molecule has 10 aromatic carbocycles. The molecular weight excluding hydrogens is 2160 g/mol. The molecule has 5 nitrogen and oxygen atoms in total. The van der Waals surface area contributed by atoms with Crippen LogP contribution in [0.2, 0.25) is 0 Å². The van der Waals surface area contributed by atoms with Gasteiger partial charge in [0.25, 0.3) is 0 Å². The van der Waals surface area contributed by atoms with E-state index in [-0.39, 0.29) is 117 Å². The van der Waals surface area contributed by atoms with Crippen molar-refractivity contribution in [2.45, 2.75) is 111 Å². The van der Waals surface area contributed by atoms with Gasteiger partial charge in [0.2, 0.25) is 0 Å². The Morgan fingerprint density at radius 2 is 0.777 bits per heavy atom. The number of fused-ring (bicyclic) bond motifs is 5. The second-order valence-corrected chi connectivity index (χ2v) is 26.7. The Morgan fingerprint density at radius 3 is 1.25 bits per heavy atom. The van der Waals surface area contributed by atoms with Crippen molar-refractivity contribution in [3.05, 3.63) is 332 Å². The van der Waals surface area contributed by atoms with E-state index in [1.54, 1.807) is 12.3 Å². The van der Waals surface area contributed by atoms with Crippen LogP contribution in [0.1, 0.15) is 109 Å². The van der Waals surface area contributed by atoms with Crippen molar-refractivity contribution in [3.63, 3.8) is 0 Å². The Bertz CT molecular complexity index is 5090. The fourth-order valence-corrected chi connectivity index (χ4v) is 11.8. The zero-order valence-electron chi connectivity index (χ0n) is 59.2. The molecule has 0 saturated heterocycles. The molecule has 0 fully saturated rings. The molecule has 0 aliphatic rings. The smallest absolute Gasteiger partial charge is 0.0379 e.